The van der Waals surface area contributed by atoms with E-state index in [1.165, 1.54) is 71.9 Å². The van der Waals surface area contributed by atoms with Crippen LogP contribution in [-0.2, 0) is 0 Å². The maximum atomic E-state index is 2.46. The molecule has 1 aliphatic carbocycles. The van der Waals surface area contributed by atoms with E-state index in [9.17, 15) is 0 Å². The highest BCUT2D eigenvalue weighted by molar-refractivity contribution is 6.19. The van der Waals surface area contributed by atoms with Crippen molar-refractivity contribution in [1.82, 2.24) is 4.57 Å². The number of fused-ring (bicyclic) bond motifs is 5. The normalized spacial score (nSPS) is 12.9. The maximum Gasteiger partial charge on any atom is 0.0620 e. The van der Waals surface area contributed by atoms with Gasteiger partial charge in [0.1, 0.15) is 0 Å². The second kappa shape index (κ2) is 11.9. The van der Waals surface area contributed by atoms with E-state index in [1.807, 2.05) is 0 Å². The number of anilines is 2. The van der Waals surface area contributed by atoms with Crippen LogP contribution in [0, 0.1) is 0 Å². The van der Waals surface area contributed by atoms with Crippen molar-refractivity contribution in [3.05, 3.63) is 188 Å². The monoisotopic (exact) mass is 614 g/mol. The molecule has 7 aromatic carbocycles. The van der Waals surface area contributed by atoms with Crippen LogP contribution in [0.25, 0.3) is 60.5 Å². The fraction of sp³-hybridized carbons (Fsp3) is 0.0435. The molecule has 1 aliphatic rings. The number of hydrogen-bond donors (Lipinski definition) is 0. The van der Waals surface area contributed by atoms with Crippen LogP contribution in [0.1, 0.15) is 12.8 Å². The summed E-state index contributed by atoms with van der Waals surface area (Å²) < 4.78 is 2.46. The maximum absolute atomic E-state index is 2.46. The highest BCUT2D eigenvalue weighted by Gasteiger charge is 2.19. The average molecular weight is 615 g/mol. The fourth-order valence-corrected chi connectivity index (χ4v) is 7.32. The molecule has 8 aromatic rings. The molecule has 0 saturated heterocycles. The average Bonchev–Trinajstić information content (AvgIpc) is 3.51. The van der Waals surface area contributed by atoms with Gasteiger partial charge in [0.15, 0.2) is 0 Å². The summed E-state index contributed by atoms with van der Waals surface area (Å²) in [6.45, 7) is 0. The zero-order valence-corrected chi connectivity index (χ0v) is 26.6. The van der Waals surface area contributed by atoms with E-state index in [1.54, 1.807) is 0 Å². The second-order valence-electron chi connectivity index (χ2n) is 12.5. The molecule has 0 fully saturated rings. The van der Waals surface area contributed by atoms with Crippen LogP contribution in [0.3, 0.4) is 0 Å². The van der Waals surface area contributed by atoms with Gasteiger partial charge in [0.25, 0.3) is 0 Å². The predicted octanol–water partition coefficient (Wildman–Crippen LogP) is 12.6. The number of para-hydroxylation sites is 1. The molecule has 2 nitrogen and oxygen atoms in total. The molecular formula is C46H34N2. The van der Waals surface area contributed by atoms with Crippen LogP contribution in [0.5, 0.6) is 0 Å². The fourth-order valence-electron chi connectivity index (χ4n) is 7.32. The van der Waals surface area contributed by atoms with Crippen LogP contribution in [0.4, 0.5) is 11.4 Å². The summed E-state index contributed by atoms with van der Waals surface area (Å²) in [5.41, 5.74) is 12.1. The zero-order chi connectivity index (χ0) is 31.9. The summed E-state index contributed by atoms with van der Waals surface area (Å²) >= 11 is 0. The minimum Gasteiger partial charge on any atom is -0.314 e. The van der Waals surface area contributed by atoms with E-state index in [0.717, 1.165) is 18.5 Å². The standard InChI is InChI=1S/C46H34N2/c1-4-13-33(14-5-1)35-23-27-39(28-24-35)47(38-18-8-3-9-19-38)41-29-25-36-26-30-43-42-21-10-11-22-45(42)48(46(43)44(36)32-41)40-20-12-17-37(31-40)34-15-6-2-7-16-34/h1-8,10-18,20-32H,9,19H2. The van der Waals surface area contributed by atoms with Gasteiger partial charge in [-0.15, -0.1) is 0 Å². The van der Waals surface area contributed by atoms with Crippen molar-refractivity contribution in [3.63, 3.8) is 0 Å². The number of allylic oxidation sites excluding steroid dienone is 4. The molecule has 0 bridgehead atoms. The Morgan fingerprint density at radius 3 is 1.92 bits per heavy atom. The van der Waals surface area contributed by atoms with E-state index in [0.29, 0.717) is 0 Å². The summed E-state index contributed by atoms with van der Waals surface area (Å²) in [7, 11) is 0. The highest BCUT2D eigenvalue weighted by Crippen LogP contribution is 2.41. The molecule has 228 valence electrons. The SMILES string of the molecule is C1=CCCC(N(c2ccc(-c3ccccc3)cc2)c2ccc3ccc4c5ccccc5n(-c5cccc(-c6ccccc6)c5)c4c3c2)=C1. The van der Waals surface area contributed by atoms with Gasteiger partial charge in [0, 0.05) is 38.9 Å². The Morgan fingerprint density at radius 1 is 0.479 bits per heavy atom. The van der Waals surface area contributed by atoms with Crippen molar-refractivity contribution in [2.75, 3.05) is 4.90 Å². The van der Waals surface area contributed by atoms with Gasteiger partial charge in [0.2, 0.25) is 0 Å². The molecule has 0 N–H and O–H groups in total. The van der Waals surface area contributed by atoms with E-state index in [4.69, 9.17) is 0 Å². The number of rotatable bonds is 6. The second-order valence-corrected chi connectivity index (χ2v) is 12.5. The first-order valence-corrected chi connectivity index (χ1v) is 16.7. The molecule has 0 amide bonds. The van der Waals surface area contributed by atoms with Gasteiger partial charge in [-0.25, -0.2) is 0 Å². The van der Waals surface area contributed by atoms with Gasteiger partial charge in [-0.3, -0.25) is 0 Å². The molecule has 0 radical (unpaired) electrons. The van der Waals surface area contributed by atoms with Gasteiger partial charge in [0.05, 0.1) is 11.0 Å². The van der Waals surface area contributed by atoms with Crippen molar-refractivity contribution in [2.24, 2.45) is 0 Å². The van der Waals surface area contributed by atoms with E-state index in [2.05, 4.69) is 191 Å². The molecule has 48 heavy (non-hydrogen) atoms. The first kappa shape index (κ1) is 28.1. The van der Waals surface area contributed by atoms with Gasteiger partial charge >= 0.3 is 0 Å². The molecule has 0 unspecified atom stereocenters. The van der Waals surface area contributed by atoms with Crippen LogP contribution < -0.4 is 4.90 Å². The van der Waals surface area contributed by atoms with E-state index < -0.39 is 0 Å². The Kier molecular flexibility index (Phi) is 6.98. The van der Waals surface area contributed by atoms with Crippen LogP contribution in [-0.4, -0.2) is 4.57 Å². The molecule has 9 rings (SSSR count). The van der Waals surface area contributed by atoms with Crippen molar-refractivity contribution in [3.8, 4) is 27.9 Å². The molecule has 0 atom stereocenters. The minimum atomic E-state index is 0.992. The van der Waals surface area contributed by atoms with Gasteiger partial charge in [-0.2, -0.15) is 0 Å². The highest BCUT2D eigenvalue weighted by atomic mass is 15.1. The first-order valence-electron chi connectivity index (χ1n) is 16.7. The molecule has 0 spiro atoms. The molecular weight excluding hydrogens is 581 g/mol. The lowest BCUT2D eigenvalue weighted by Crippen LogP contribution is -2.17. The summed E-state index contributed by atoms with van der Waals surface area (Å²) in [6.07, 6.45) is 8.75. The lowest BCUT2D eigenvalue weighted by Gasteiger charge is -2.29. The number of hydrogen-bond acceptors (Lipinski definition) is 1. The van der Waals surface area contributed by atoms with E-state index >= 15 is 0 Å². The number of aromatic nitrogens is 1. The Balaban J connectivity index is 1.26. The lowest BCUT2D eigenvalue weighted by molar-refractivity contribution is 0.918. The molecule has 0 saturated carbocycles. The van der Waals surface area contributed by atoms with Crippen LogP contribution in [0.2, 0.25) is 0 Å². The van der Waals surface area contributed by atoms with Crippen LogP contribution in [0.15, 0.2) is 188 Å². The Hall–Kier alpha value is -6.12. The molecule has 1 aromatic heterocycles. The number of benzene rings is 7. The van der Waals surface area contributed by atoms with Gasteiger partial charge < -0.3 is 9.47 Å². The van der Waals surface area contributed by atoms with Crippen molar-refractivity contribution in [1.29, 1.82) is 0 Å². The third-order valence-electron chi connectivity index (χ3n) is 9.62. The molecule has 1 heterocycles. The van der Waals surface area contributed by atoms with Crippen LogP contribution >= 0.6 is 0 Å². The number of nitrogens with zero attached hydrogens (tertiary/aromatic N) is 2. The topological polar surface area (TPSA) is 8.17 Å². The van der Waals surface area contributed by atoms with Gasteiger partial charge in [-0.1, -0.05) is 133 Å². The lowest BCUT2D eigenvalue weighted by atomic mass is 10.0. The van der Waals surface area contributed by atoms with E-state index in [-0.39, 0.29) is 0 Å². The van der Waals surface area contributed by atoms with Crippen molar-refractivity contribution in [2.45, 2.75) is 12.8 Å². The third kappa shape index (κ3) is 4.90. The Bertz CT molecular complexity index is 2480. The van der Waals surface area contributed by atoms with Crippen molar-refractivity contribution >= 4 is 44.0 Å². The largest absolute Gasteiger partial charge is 0.314 e. The molecule has 0 aliphatic heterocycles. The minimum absolute atomic E-state index is 0.992. The first-order chi connectivity index (χ1) is 23.8. The van der Waals surface area contributed by atoms with Gasteiger partial charge in [-0.05, 0) is 89.0 Å². The Labute approximate surface area is 281 Å². The predicted molar refractivity (Wildman–Crippen MR) is 204 cm³/mol. The zero-order valence-electron chi connectivity index (χ0n) is 26.6. The smallest absolute Gasteiger partial charge is 0.0620 e. The summed E-state index contributed by atoms with van der Waals surface area (Å²) in [5.74, 6) is 0. The molecule has 2 heteroatoms. The third-order valence-corrected chi connectivity index (χ3v) is 9.62. The van der Waals surface area contributed by atoms with Crippen molar-refractivity contribution < 1.29 is 0 Å². The summed E-state index contributed by atoms with van der Waals surface area (Å²) in [4.78, 5) is 2.44. The quantitative estimate of drug-likeness (QED) is 0.181. The summed E-state index contributed by atoms with van der Waals surface area (Å²) in [5, 5.41) is 4.99. The summed E-state index contributed by atoms with van der Waals surface area (Å²) in [6, 6.07) is 59.6. The Morgan fingerprint density at radius 2 is 1.15 bits per heavy atom.